The molecule has 0 amide bonds. The van der Waals surface area contributed by atoms with Crippen LogP contribution in [0, 0.1) is 23.9 Å². The van der Waals surface area contributed by atoms with Crippen LogP contribution in [0.2, 0.25) is 17.3 Å². The molecule has 0 unspecified atom stereocenters. The van der Waals surface area contributed by atoms with Gasteiger partial charge in [-0.2, -0.15) is 0 Å². The van der Waals surface area contributed by atoms with Crippen LogP contribution in [0.3, 0.4) is 0 Å². The molecule has 229 valence electrons. The SMILES string of the molecule is CC(C)Cc1cc(-c2[c-]cccc2)nc[c]1[Ge]([CH3])([CH3])[CH3].[2H]C(C)(C)c1ccnc(-c2[c-]ccc3c2oc2nccc(F)c23)c1.[Ir]. The molecule has 6 aromatic rings. The van der Waals surface area contributed by atoms with Crippen molar-refractivity contribution in [3.63, 3.8) is 0 Å². The van der Waals surface area contributed by atoms with E-state index in [1.807, 2.05) is 44.2 Å². The Bertz CT molecular complexity index is 1910. The maximum atomic E-state index is 14.2. The summed E-state index contributed by atoms with van der Waals surface area (Å²) in [4.78, 5) is 13.2. The van der Waals surface area contributed by atoms with Crippen molar-refractivity contribution < 1.29 is 30.3 Å². The molecule has 0 spiro atoms. The van der Waals surface area contributed by atoms with Crippen molar-refractivity contribution >= 4 is 39.7 Å². The second kappa shape index (κ2) is 14.3. The molecule has 0 saturated heterocycles. The fourth-order valence-corrected chi connectivity index (χ4v) is 8.51. The predicted molar refractivity (Wildman–Crippen MR) is 178 cm³/mol. The van der Waals surface area contributed by atoms with Gasteiger partial charge in [-0.05, 0) is 23.7 Å². The van der Waals surface area contributed by atoms with E-state index in [0.717, 1.165) is 23.2 Å². The van der Waals surface area contributed by atoms with Crippen molar-refractivity contribution in [1.29, 1.82) is 0 Å². The average Bonchev–Trinajstić information content (AvgIpc) is 3.37. The molecule has 4 heterocycles. The number of nitrogens with zero attached hydrogens (tertiary/aromatic N) is 3. The molecule has 0 aliphatic rings. The van der Waals surface area contributed by atoms with Gasteiger partial charge in [0.1, 0.15) is 5.82 Å². The maximum absolute atomic E-state index is 14.2. The topological polar surface area (TPSA) is 51.8 Å². The molecule has 4 aromatic heterocycles. The molecule has 7 heteroatoms. The number of pyridine rings is 3. The molecular weight excluding hydrogens is 786 g/mol. The van der Waals surface area contributed by atoms with Crippen LogP contribution in [0.25, 0.3) is 44.6 Å². The minimum atomic E-state index is -1.86. The van der Waals surface area contributed by atoms with Gasteiger partial charge in [0, 0.05) is 33.9 Å². The van der Waals surface area contributed by atoms with E-state index >= 15 is 0 Å². The Morgan fingerprint density at radius 1 is 0.909 bits per heavy atom. The number of hydrogen-bond acceptors (Lipinski definition) is 4. The molecule has 0 bridgehead atoms. The first-order chi connectivity index (χ1) is 20.8. The van der Waals surface area contributed by atoms with Crippen LogP contribution in [0.4, 0.5) is 4.39 Å². The smallest absolute Gasteiger partial charge is 0.219 e. The third-order valence-corrected chi connectivity index (χ3v) is 11.6. The summed E-state index contributed by atoms with van der Waals surface area (Å²) in [5, 5.41) is 1.00. The second-order valence-corrected chi connectivity index (χ2v) is 23.0. The van der Waals surface area contributed by atoms with E-state index in [0.29, 0.717) is 33.5 Å². The van der Waals surface area contributed by atoms with E-state index in [1.165, 1.54) is 17.8 Å². The van der Waals surface area contributed by atoms with E-state index < -0.39 is 19.2 Å². The van der Waals surface area contributed by atoms with Crippen molar-refractivity contribution in [2.24, 2.45) is 5.92 Å². The fourth-order valence-electron chi connectivity index (χ4n) is 5.18. The van der Waals surface area contributed by atoms with Gasteiger partial charge >= 0.3 is 126 Å². The van der Waals surface area contributed by atoms with Gasteiger partial charge in [0.15, 0.2) is 0 Å². The first-order valence-electron chi connectivity index (χ1n) is 15.1. The van der Waals surface area contributed by atoms with Crippen LogP contribution in [0.15, 0.2) is 83.7 Å². The summed E-state index contributed by atoms with van der Waals surface area (Å²) in [6, 6.07) is 25.2. The standard InChI is InChI=1S/C19H14FN2O.C18H24GeN.Ir/c1-11(2)12-6-8-21-16(10-12)13-4-3-5-14-17-15(20)7-9-22-19(17)23-18(13)14;1-14(2)11-16-12-18(15-9-7-6-8-10-15)20-13-17(16)19(3,4)5;/h3,5-11H,1-2H3;6-9,12-14H,11H2,1-5H3;/q2*-1;/i11D;;. The Kier molecular flexibility index (Phi) is 10.5. The maximum Gasteiger partial charge on any atom is 0.219 e. The summed E-state index contributed by atoms with van der Waals surface area (Å²) in [5.74, 6) is 6.88. The third-order valence-electron chi connectivity index (χ3n) is 7.29. The van der Waals surface area contributed by atoms with Gasteiger partial charge < -0.3 is 9.40 Å². The Balaban J connectivity index is 0.000000204. The van der Waals surface area contributed by atoms with Crippen molar-refractivity contribution in [1.82, 2.24) is 15.0 Å². The molecule has 44 heavy (non-hydrogen) atoms. The Morgan fingerprint density at radius 3 is 2.36 bits per heavy atom. The summed E-state index contributed by atoms with van der Waals surface area (Å²) in [7, 11) is 0. The quantitative estimate of drug-likeness (QED) is 0.124. The van der Waals surface area contributed by atoms with Crippen LogP contribution < -0.4 is 4.40 Å². The zero-order chi connectivity index (χ0) is 31.6. The first-order valence-corrected chi connectivity index (χ1v) is 22.0. The van der Waals surface area contributed by atoms with E-state index in [2.05, 4.69) is 71.5 Å². The van der Waals surface area contributed by atoms with Gasteiger partial charge in [-0.25, -0.2) is 9.37 Å². The fraction of sp³-hybridized carbons (Fsp3) is 0.270. The van der Waals surface area contributed by atoms with E-state index in [1.54, 1.807) is 22.7 Å². The second-order valence-electron chi connectivity index (χ2n) is 12.5. The van der Waals surface area contributed by atoms with Crippen molar-refractivity contribution in [3.05, 3.63) is 108 Å². The summed E-state index contributed by atoms with van der Waals surface area (Å²) in [5.41, 5.74) is 6.49. The van der Waals surface area contributed by atoms with E-state index in [9.17, 15) is 4.39 Å². The van der Waals surface area contributed by atoms with Crippen molar-refractivity contribution in [2.45, 2.75) is 57.3 Å². The Labute approximate surface area is 277 Å². The zero-order valence-corrected chi connectivity index (χ0v) is 30.7. The van der Waals surface area contributed by atoms with E-state index in [-0.39, 0.29) is 31.6 Å². The molecular formula is C37H38FGeIrN3O-2. The number of hydrogen-bond donors (Lipinski definition) is 0. The summed E-state index contributed by atoms with van der Waals surface area (Å²) in [6.45, 7) is 8.20. The molecule has 2 aromatic carbocycles. The average molecular weight is 826 g/mol. The normalized spacial score (nSPS) is 12.1. The molecule has 0 aliphatic carbocycles. The van der Waals surface area contributed by atoms with Crippen molar-refractivity contribution in [2.75, 3.05) is 0 Å². The van der Waals surface area contributed by atoms with E-state index in [4.69, 9.17) is 10.8 Å². The molecule has 0 fully saturated rings. The van der Waals surface area contributed by atoms with Crippen LogP contribution in [0.1, 0.15) is 46.1 Å². The minimum Gasteiger partial charge on any atom is -0.486 e. The van der Waals surface area contributed by atoms with Gasteiger partial charge in [-0.15, -0.1) is 18.2 Å². The molecule has 0 atom stereocenters. The van der Waals surface area contributed by atoms with Gasteiger partial charge in [0.05, 0.1) is 11.0 Å². The molecule has 0 aliphatic heterocycles. The van der Waals surface area contributed by atoms with Gasteiger partial charge in [0.2, 0.25) is 5.71 Å². The molecule has 4 nitrogen and oxygen atoms in total. The van der Waals surface area contributed by atoms with Crippen LogP contribution in [-0.2, 0) is 26.5 Å². The minimum absolute atomic E-state index is 0. The third kappa shape index (κ3) is 7.54. The molecule has 0 saturated carbocycles. The monoisotopic (exact) mass is 827 g/mol. The molecule has 6 rings (SSSR count). The number of fused-ring (bicyclic) bond motifs is 3. The van der Waals surface area contributed by atoms with Gasteiger partial charge in [-0.3, -0.25) is 0 Å². The Morgan fingerprint density at radius 2 is 1.68 bits per heavy atom. The number of benzene rings is 2. The van der Waals surface area contributed by atoms with Crippen molar-refractivity contribution in [3.8, 4) is 22.5 Å². The molecule has 1 radical (unpaired) electrons. The van der Waals surface area contributed by atoms with Gasteiger partial charge in [-0.1, -0.05) is 36.4 Å². The van der Waals surface area contributed by atoms with Crippen LogP contribution >= 0.6 is 0 Å². The number of halogens is 1. The number of furan rings is 1. The first kappa shape index (κ1) is 32.2. The molecule has 0 N–H and O–H groups in total. The summed E-state index contributed by atoms with van der Waals surface area (Å²) in [6.07, 6.45) is 6.31. The summed E-state index contributed by atoms with van der Waals surface area (Å²) < 4.78 is 29.7. The predicted octanol–water partition coefficient (Wildman–Crippen LogP) is 9.40. The van der Waals surface area contributed by atoms with Crippen LogP contribution in [0.5, 0.6) is 0 Å². The summed E-state index contributed by atoms with van der Waals surface area (Å²) >= 11 is -1.86. The van der Waals surface area contributed by atoms with Crippen LogP contribution in [-0.4, -0.2) is 28.2 Å². The number of rotatable bonds is 6. The largest absolute Gasteiger partial charge is 0.486 e. The number of aromatic nitrogens is 3. The zero-order valence-electron chi connectivity index (χ0n) is 27.3. The Hall–Kier alpha value is -3.19. The van der Waals surface area contributed by atoms with Gasteiger partial charge in [0.25, 0.3) is 0 Å².